The van der Waals surface area contributed by atoms with Gasteiger partial charge in [0.25, 0.3) is 0 Å². The molecule has 0 amide bonds. The third kappa shape index (κ3) is 1.70. The van der Waals surface area contributed by atoms with Crippen LogP contribution >= 0.6 is 35.3 Å². The lowest BCUT2D eigenvalue weighted by atomic mass is 10.1. The molecule has 102 valence electrons. The number of hydrogen-bond donors (Lipinski definition) is 0. The number of halogens is 2. The van der Waals surface area contributed by atoms with Gasteiger partial charge in [-0.2, -0.15) is 4.98 Å². The lowest BCUT2D eigenvalue weighted by molar-refractivity contribution is 1.05. The minimum absolute atomic E-state index is 0.203. The molecule has 2 aromatic rings. The summed E-state index contributed by atoms with van der Waals surface area (Å²) in [4.78, 5) is 8.17. The van der Waals surface area contributed by atoms with Gasteiger partial charge in [-0.25, -0.2) is 9.29 Å². The average molecular weight is 325 g/mol. The Labute approximate surface area is 131 Å². The number of nitrogens with zero attached hydrogens (tertiary/aromatic N) is 4. The van der Waals surface area contributed by atoms with Gasteiger partial charge in [-0.1, -0.05) is 17.7 Å². The lowest BCUT2D eigenvalue weighted by Crippen LogP contribution is -2.13. The Morgan fingerprint density at radius 3 is 3.00 bits per heavy atom. The van der Waals surface area contributed by atoms with E-state index in [1.165, 1.54) is 23.0 Å². The molecule has 2 aliphatic heterocycles. The van der Waals surface area contributed by atoms with Crippen molar-refractivity contribution in [3.8, 4) is 0 Å². The van der Waals surface area contributed by atoms with Crippen molar-refractivity contribution in [2.24, 2.45) is 0 Å². The number of rotatable bonds is 1. The monoisotopic (exact) mass is 324 g/mol. The topological polar surface area (TPSA) is 32.3 Å². The van der Waals surface area contributed by atoms with Crippen molar-refractivity contribution in [1.82, 2.24) is 9.97 Å². The van der Waals surface area contributed by atoms with Gasteiger partial charge in [-0.05, 0) is 42.1 Å². The Hall–Kier alpha value is -1.17. The third-order valence-electron chi connectivity index (χ3n) is 3.60. The summed E-state index contributed by atoms with van der Waals surface area (Å²) in [7, 11) is 0. The van der Waals surface area contributed by atoms with Crippen molar-refractivity contribution in [2.75, 3.05) is 15.2 Å². The van der Waals surface area contributed by atoms with Crippen LogP contribution in [0.1, 0.15) is 11.1 Å². The molecule has 1 aromatic carbocycles. The standard InChI is InChI=1S/C13H10Cl2N4S/c1-7-2-3-10-11-8(7)4-5-18(11)20-19(10)12-9(14)6-16-13(15)17-12/h2-3,6H,4-5H2,1H3. The van der Waals surface area contributed by atoms with Crippen LogP contribution in [0.3, 0.4) is 0 Å². The number of aryl methyl sites for hydroxylation is 1. The van der Waals surface area contributed by atoms with Crippen molar-refractivity contribution in [3.05, 3.63) is 39.8 Å². The van der Waals surface area contributed by atoms with Gasteiger partial charge >= 0.3 is 0 Å². The van der Waals surface area contributed by atoms with Crippen molar-refractivity contribution in [3.63, 3.8) is 0 Å². The Bertz CT molecular complexity index is 722. The van der Waals surface area contributed by atoms with Crippen LogP contribution < -0.4 is 8.61 Å². The first kappa shape index (κ1) is 12.6. The number of anilines is 3. The molecule has 0 atom stereocenters. The van der Waals surface area contributed by atoms with Gasteiger partial charge in [0.05, 0.1) is 29.7 Å². The summed E-state index contributed by atoms with van der Waals surface area (Å²) in [6, 6.07) is 4.26. The summed E-state index contributed by atoms with van der Waals surface area (Å²) in [5.74, 6) is 0.636. The SMILES string of the molecule is Cc1ccc2c3c1CCN3SN2c1nc(Cl)ncc1Cl. The van der Waals surface area contributed by atoms with E-state index in [0.717, 1.165) is 18.7 Å². The van der Waals surface area contributed by atoms with E-state index in [1.807, 2.05) is 4.31 Å². The molecule has 4 nitrogen and oxygen atoms in total. The van der Waals surface area contributed by atoms with Crippen LogP contribution in [-0.2, 0) is 6.42 Å². The summed E-state index contributed by atoms with van der Waals surface area (Å²) >= 11 is 13.7. The van der Waals surface area contributed by atoms with Gasteiger partial charge in [0.2, 0.25) is 5.28 Å². The summed E-state index contributed by atoms with van der Waals surface area (Å²) < 4.78 is 4.30. The molecular weight excluding hydrogens is 315 g/mol. The largest absolute Gasteiger partial charge is 0.295 e. The molecule has 0 unspecified atom stereocenters. The molecule has 0 saturated carbocycles. The summed E-state index contributed by atoms with van der Waals surface area (Å²) in [6.45, 7) is 3.16. The quantitative estimate of drug-likeness (QED) is 0.580. The predicted molar refractivity (Wildman–Crippen MR) is 84.0 cm³/mol. The first-order valence-electron chi connectivity index (χ1n) is 6.21. The van der Waals surface area contributed by atoms with E-state index >= 15 is 0 Å². The fraction of sp³-hybridized carbons (Fsp3) is 0.231. The summed E-state index contributed by atoms with van der Waals surface area (Å²) in [6.07, 6.45) is 2.63. The molecule has 0 aliphatic carbocycles. The normalized spacial score (nSPS) is 15.9. The Morgan fingerprint density at radius 1 is 1.30 bits per heavy atom. The highest BCUT2D eigenvalue weighted by atomic mass is 35.5. The predicted octanol–water partition coefficient (Wildman–Crippen LogP) is 4.17. The molecule has 0 radical (unpaired) electrons. The first-order chi connectivity index (χ1) is 9.65. The van der Waals surface area contributed by atoms with E-state index in [-0.39, 0.29) is 5.28 Å². The third-order valence-corrected chi connectivity index (χ3v) is 5.14. The molecule has 1 aromatic heterocycles. The van der Waals surface area contributed by atoms with Crippen LogP contribution in [-0.4, -0.2) is 16.5 Å². The lowest BCUT2D eigenvalue weighted by Gasteiger charge is -2.18. The minimum Gasteiger partial charge on any atom is -0.295 e. The smallest absolute Gasteiger partial charge is 0.224 e. The van der Waals surface area contributed by atoms with Crippen molar-refractivity contribution in [1.29, 1.82) is 0 Å². The second-order valence-electron chi connectivity index (χ2n) is 4.77. The van der Waals surface area contributed by atoms with Gasteiger partial charge in [0.15, 0.2) is 5.82 Å². The highest BCUT2D eigenvalue weighted by Crippen LogP contribution is 2.54. The van der Waals surface area contributed by atoms with Crippen LogP contribution in [0, 0.1) is 6.92 Å². The molecule has 7 heteroatoms. The van der Waals surface area contributed by atoms with Gasteiger partial charge in [0.1, 0.15) is 5.02 Å². The molecule has 3 heterocycles. The maximum absolute atomic E-state index is 6.22. The van der Waals surface area contributed by atoms with Crippen LogP contribution in [0.25, 0.3) is 0 Å². The molecule has 0 bridgehead atoms. The second kappa shape index (κ2) is 4.41. The van der Waals surface area contributed by atoms with Crippen LogP contribution in [0.4, 0.5) is 17.2 Å². The van der Waals surface area contributed by atoms with Gasteiger partial charge in [-0.3, -0.25) is 4.31 Å². The maximum atomic E-state index is 6.22. The molecule has 0 saturated heterocycles. The van der Waals surface area contributed by atoms with Crippen molar-refractivity contribution >= 4 is 52.5 Å². The highest BCUT2D eigenvalue weighted by molar-refractivity contribution is 8.02. The van der Waals surface area contributed by atoms with E-state index < -0.39 is 0 Å². The molecule has 0 spiro atoms. The number of hydrogen-bond acceptors (Lipinski definition) is 5. The Morgan fingerprint density at radius 2 is 2.15 bits per heavy atom. The van der Waals surface area contributed by atoms with Crippen LogP contribution in [0.5, 0.6) is 0 Å². The second-order valence-corrected chi connectivity index (χ2v) is 6.48. The van der Waals surface area contributed by atoms with Gasteiger partial charge in [-0.15, -0.1) is 0 Å². The van der Waals surface area contributed by atoms with Crippen molar-refractivity contribution < 1.29 is 0 Å². The average Bonchev–Trinajstić information content (AvgIpc) is 2.99. The van der Waals surface area contributed by atoms with Crippen LogP contribution in [0.2, 0.25) is 10.3 Å². The van der Waals surface area contributed by atoms with E-state index in [0.29, 0.717) is 10.8 Å². The Kier molecular flexibility index (Phi) is 2.77. The first-order valence-corrected chi connectivity index (χ1v) is 7.70. The van der Waals surface area contributed by atoms with E-state index in [1.54, 1.807) is 12.1 Å². The summed E-state index contributed by atoms with van der Waals surface area (Å²) in [5.41, 5.74) is 5.14. The zero-order chi connectivity index (χ0) is 13.9. The molecule has 4 rings (SSSR count). The van der Waals surface area contributed by atoms with Gasteiger partial charge in [0, 0.05) is 6.54 Å². The molecule has 20 heavy (non-hydrogen) atoms. The van der Waals surface area contributed by atoms with Gasteiger partial charge < -0.3 is 0 Å². The Balaban J connectivity index is 1.89. The molecule has 0 N–H and O–H groups in total. The highest BCUT2D eigenvalue weighted by Gasteiger charge is 2.36. The van der Waals surface area contributed by atoms with E-state index in [4.69, 9.17) is 23.2 Å². The molecule has 0 fully saturated rings. The fourth-order valence-corrected chi connectivity index (χ4v) is 4.13. The maximum Gasteiger partial charge on any atom is 0.224 e. The fourth-order valence-electron chi connectivity index (χ4n) is 2.66. The van der Waals surface area contributed by atoms with E-state index in [2.05, 4.69) is 33.3 Å². The summed E-state index contributed by atoms with van der Waals surface area (Å²) in [5, 5.41) is 0.701. The zero-order valence-electron chi connectivity index (χ0n) is 10.6. The minimum atomic E-state index is 0.203. The zero-order valence-corrected chi connectivity index (χ0v) is 12.9. The molecule has 2 aliphatic rings. The molecular formula is C13H10Cl2N4S. The number of aromatic nitrogens is 2. The number of benzene rings is 1. The van der Waals surface area contributed by atoms with Crippen LogP contribution in [0.15, 0.2) is 18.3 Å². The van der Waals surface area contributed by atoms with Crippen molar-refractivity contribution in [2.45, 2.75) is 13.3 Å². The van der Waals surface area contributed by atoms with E-state index in [9.17, 15) is 0 Å².